The van der Waals surface area contributed by atoms with Crippen LogP contribution in [0.15, 0.2) is 33.9 Å². The van der Waals surface area contributed by atoms with Crippen molar-refractivity contribution in [2.24, 2.45) is 19.8 Å². The number of aryl methyl sites for hydroxylation is 1. The number of piperidine rings is 1. The lowest BCUT2D eigenvalue weighted by molar-refractivity contribution is 0.0499. The Hall–Kier alpha value is -3.73. The summed E-state index contributed by atoms with van der Waals surface area (Å²) in [6, 6.07) is 6.93. The summed E-state index contributed by atoms with van der Waals surface area (Å²) >= 11 is 6.48. The molecule has 12 heteroatoms. The summed E-state index contributed by atoms with van der Waals surface area (Å²) in [5.74, 6) is -0.366. The summed E-state index contributed by atoms with van der Waals surface area (Å²) in [5.41, 5.74) is 5.24. The molecule has 0 saturated carbocycles. The summed E-state index contributed by atoms with van der Waals surface area (Å²) in [7, 11) is 2.89. The van der Waals surface area contributed by atoms with Crippen LogP contribution in [0.1, 0.15) is 49.5 Å². The van der Waals surface area contributed by atoms with Gasteiger partial charge in [0.05, 0.1) is 12.1 Å². The minimum Gasteiger partial charge on any atom is -0.444 e. The molecule has 2 aromatic heterocycles. The van der Waals surface area contributed by atoms with E-state index < -0.39 is 28.9 Å². The number of rotatable bonds is 5. The van der Waals surface area contributed by atoms with Crippen molar-refractivity contribution < 1.29 is 14.3 Å². The number of primary amides is 1. The summed E-state index contributed by atoms with van der Waals surface area (Å²) in [5, 5.41) is 3.40. The molecule has 3 N–H and O–H groups in total. The monoisotopic (exact) mass is 544 g/mol. The number of benzene rings is 1. The van der Waals surface area contributed by atoms with Gasteiger partial charge in [-0.1, -0.05) is 29.8 Å². The number of hydrogen-bond donors (Lipinski definition) is 2. The number of hydrogen-bond acceptors (Lipinski definition) is 6. The topological polar surface area (TPSA) is 134 Å². The molecule has 1 saturated heterocycles. The first kappa shape index (κ1) is 27.3. The molecule has 1 fully saturated rings. The van der Waals surface area contributed by atoms with Gasteiger partial charge in [-0.3, -0.25) is 18.7 Å². The van der Waals surface area contributed by atoms with Crippen molar-refractivity contribution in [2.75, 3.05) is 18.0 Å². The van der Waals surface area contributed by atoms with Crippen LogP contribution >= 0.6 is 11.6 Å². The van der Waals surface area contributed by atoms with Crippen molar-refractivity contribution >= 4 is 40.5 Å². The lowest BCUT2D eigenvalue weighted by Gasteiger charge is -2.36. The molecular formula is C26H33ClN6O5. The molecule has 1 aromatic carbocycles. The Labute approximate surface area is 224 Å². The van der Waals surface area contributed by atoms with Gasteiger partial charge in [0.2, 0.25) is 0 Å². The van der Waals surface area contributed by atoms with Crippen LogP contribution in [0.2, 0.25) is 5.02 Å². The van der Waals surface area contributed by atoms with Gasteiger partial charge < -0.3 is 25.3 Å². The molecule has 2 amide bonds. The largest absolute Gasteiger partial charge is 0.444 e. The highest BCUT2D eigenvalue weighted by Crippen LogP contribution is 2.34. The molecule has 0 radical (unpaired) electrons. The maximum absolute atomic E-state index is 13.5. The van der Waals surface area contributed by atoms with E-state index in [0.29, 0.717) is 36.8 Å². The van der Waals surface area contributed by atoms with Gasteiger partial charge in [0.15, 0.2) is 0 Å². The average Bonchev–Trinajstić information content (AvgIpc) is 3.17. The van der Waals surface area contributed by atoms with E-state index in [9.17, 15) is 19.2 Å². The first-order chi connectivity index (χ1) is 17.8. The van der Waals surface area contributed by atoms with E-state index >= 15 is 0 Å². The number of amides is 2. The minimum atomic E-state index is -0.770. The predicted molar refractivity (Wildman–Crippen MR) is 146 cm³/mol. The van der Waals surface area contributed by atoms with E-state index in [4.69, 9.17) is 22.1 Å². The number of anilines is 1. The van der Waals surface area contributed by atoms with E-state index in [0.717, 1.165) is 10.1 Å². The predicted octanol–water partition coefficient (Wildman–Crippen LogP) is 2.33. The van der Waals surface area contributed by atoms with Crippen LogP contribution in [-0.4, -0.2) is 50.4 Å². The van der Waals surface area contributed by atoms with Gasteiger partial charge in [-0.25, -0.2) is 9.59 Å². The number of nitrogens with zero attached hydrogens (tertiary/aromatic N) is 4. The normalized spacial score (nSPS) is 16.1. The second-order valence-corrected chi connectivity index (χ2v) is 11.0. The van der Waals surface area contributed by atoms with Gasteiger partial charge >= 0.3 is 11.8 Å². The van der Waals surface area contributed by atoms with E-state index in [1.165, 1.54) is 18.7 Å². The molecule has 0 aliphatic carbocycles. The molecule has 0 unspecified atom stereocenters. The molecular weight excluding hydrogens is 512 g/mol. The zero-order valence-electron chi connectivity index (χ0n) is 22.2. The van der Waals surface area contributed by atoms with Crippen molar-refractivity contribution in [3.63, 3.8) is 0 Å². The van der Waals surface area contributed by atoms with Gasteiger partial charge in [0.25, 0.3) is 11.5 Å². The summed E-state index contributed by atoms with van der Waals surface area (Å²) in [6.45, 7) is 6.41. The molecule has 0 spiro atoms. The number of nitrogens with one attached hydrogen (secondary N) is 1. The number of carbonyl (C=O) groups is 2. The maximum Gasteiger partial charge on any atom is 0.407 e. The third-order valence-electron chi connectivity index (χ3n) is 6.60. The van der Waals surface area contributed by atoms with Crippen molar-refractivity contribution in [1.29, 1.82) is 0 Å². The third kappa shape index (κ3) is 5.15. The summed E-state index contributed by atoms with van der Waals surface area (Å²) in [4.78, 5) is 53.6. The fourth-order valence-corrected chi connectivity index (χ4v) is 5.17. The lowest BCUT2D eigenvalue weighted by atomic mass is 10.1. The number of nitrogens with two attached hydrogens (primary N) is 1. The Morgan fingerprint density at radius 1 is 1.13 bits per heavy atom. The second kappa shape index (κ2) is 10.2. The highest BCUT2D eigenvalue weighted by Gasteiger charge is 2.33. The molecule has 3 aromatic rings. The van der Waals surface area contributed by atoms with Crippen LogP contribution in [0, 0.1) is 0 Å². The number of ether oxygens (including phenoxy) is 1. The van der Waals surface area contributed by atoms with Gasteiger partial charge in [-0.2, -0.15) is 0 Å². The summed E-state index contributed by atoms with van der Waals surface area (Å²) in [6.07, 6.45) is 0.864. The van der Waals surface area contributed by atoms with Crippen LogP contribution < -0.4 is 27.2 Å². The smallest absolute Gasteiger partial charge is 0.407 e. The zero-order valence-corrected chi connectivity index (χ0v) is 23.0. The van der Waals surface area contributed by atoms with Crippen molar-refractivity contribution in [2.45, 2.75) is 51.8 Å². The van der Waals surface area contributed by atoms with Crippen LogP contribution in [0.4, 0.5) is 10.6 Å². The third-order valence-corrected chi connectivity index (χ3v) is 6.97. The Morgan fingerprint density at radius 2 is 1.82 bits per heavy atom. The molecule has 3 heterocycles. The van der Waals surface area contributed by atoms with Gasteiger partial charge in [0.1, 0.15) is 22.5 Å². The van der Waals surface area contributed by atoms with E-state index in [1.54, 1.807) is 37.5 Å². The molecule has 1 aliphatic rings. The molecule has 4 rings (SSSR count). The van der Waals surface area contributed by atoms with Crippen LogP contribution in [0.5, 0.6) is 0 Å². The van der Waals surface area contributed by atoms with E-state index in [-0.39, 0.29) is 29.2 Å². The second-order valence-electron chi connectivity index (χ2n) is 10.6. The fraction of sp³-hybridized carbons (Fsp3) is 0.462. The molecule has 1 aliphatic heterocycles. The van der Waals surface area contributed by atoms with Crippen LogP contribution in [-0.2, 0) is 25.4 Å². The van der Waals surface area contributed by atoms with E-state index in [2.05, 4.69) is 5.32 Å². The molecule has 11 nitrogen and oxygen atoms in total. The molecule has 0 bridgehead atoms. The number of halogens is 1. The highest BCUT2D eigenvalue weighted by molar-refractivity contribution is 6.31. The Kier molecular flexibility index (Phi) is 7.33. The van der Waals surface area contributed by atoms with Crippen molar-refractivity contribution in [1.82, 2.24) is 19.0 Å². The standard InChI is InChI=1S/C26H33ClN6O5/c1-26(2,3)38-24(36)29-16-10-8-12-32(14-16)22-18(21(28)34)19-20(23(35)31(5)25(37)30(19)4)33(22)13-15-9-6-7-11-17(15)27/h6-7,9,11,16H,8,10,12-14H2,1-5H3,(H2,28,34)(H,29,36)/t16-/m1/s1. The molecule has 38 heavy (non-hydrogen) atoms. The Balaban J connectivity index is 1.91. The van der Waals surface area contributed by atoms with Crippen molar-refractivity contribution in [3.8, 4) is 0 Å². The number of carbonyl (C=O) groups excluding carboxylic acids is 2. The Morgan fingerprint density at radius 3 is 2.45 bits per heavy atom. The first-order valence-electron chi connectivity index (χ1n) is 12.4. The van der Waals surface area contributed by atoms with Gasteiger partial charge in [0, 0.05) is 38.2 Å². The number of alkyl carbamates (subject to hydrolysis) is 1. The Bertz CT molecular complexity index is 1530. The van der Waals surface area contributed by atoms with Gasteiger partial charge in [-0.15, -0.1) is 0 Å². The number of fused-ring (bicyclic) bond motifs is 1. The highest BCUT2D eigenvalue weighted by atomic mass is 35.5. The van der Waals surface area contributed by atoms with Crippen LogP contribution in [0.25, 0.3) is 11.0 Å². The van der Waals surface area contributed by atoms with Crippen molar-refractivity contribution in [3.05, 3.63) is 61.3 Å². The van der Waals surface area contributed by atoms with Gasteiger partial charge in [-0.05, 0) is 45.2 Å². The SMILES string of the molecule is Cn1c(=O)c2c(c(C(N)=O)c(N3CCC[C@@H](NC(=O)OC(C)(C)C)C3)n2Cc2ccccc2Cl)n(C)c1=O. The lowest BCUT2D eigenvalue weighted by Crippen LogP contribution is -2.49. The maximum atomic E-state index is 13.5. The molecule has 1 atom stereocenters. The number of aromatic nitrogens is 3. The summed E-state index contributed by atoms with van der Waals surface area (Å²) < 4.78 is 9.39. The van der Waals surface area contributed by atoms with E-state index in [1.807, 2.05) is 17.0 Å². The van der Waals surface area contributed by atoms with Crippen LogP contribution in [0.3, 0.4) is 0 Å². The zero-order chi connectivity index (χ0) is 27.9. The first-order valence-corrected chi connectivity index (χ1v) is 12.8. The average molecular weight is 545 g/mol. The fourth-order valence-electron chi connectivity index (χ4n) is 4.97. The quantitative estimate of drug-likeness (QED) is 0.506. The molecule has 204 valence electrons. The minimum absolute atomic E-state index is 0.0715.